The number of hydrogen-bond acceptors (Lipinski definition) is 3. The first-order chi connectivity index (χ1) is 10.6. The van der Waals surface area contributed by atoms with Gasteiger partial charge in [0.1, 0.15) is 0 Å². The summed E-state index contributed by atoms with van der Waals surface area (Å²) in [4.78, 5) is 13.1. The Morgan fingerprint density at radius 3 is 2.64 bits per heavy atom. The molecule has 2 aromatic rings. The Bertz CT molecular complexity index is 622. The lowest BCUT2D eigenvalue weighted by atomic mass is 10.1. The summed E-state index contributed by atoms with van der Waals surface area (Å²) in [5.74, 6) is 0.920. The smallest absolute Gasteiger partial charge is 0.220 e. The van der Waals surface area contributed by atoms with Crippen LogP contribution in [0, 0.1) is 13.8 Å². The molecule has 0 spiro atoms. The number of carbonyl (C=O) groups excluding carboxylic acids is 1. The third-order valence-corrected chi connectivity index (χ3v) is 4.71. The van der Waals surface area contributed by atoms with Crippen LogP contribution in [-0.4, -0.2) is 28.0 Å². The van der Waals surface area contributed by atoms with E-state index in [1.807, 2.05) is 36.9 Å². The number of carbonyl (C=O) groups is 1. The molecule has 5 heteroatoms. The van der Waals surface area contributed by atoms with Gasteiger partial charge < -0.3 is 5.32 Å². The van der Waals surface area contributed by atoms with E-state index in [4.69, 9.17) is 0 Å². The highest BCUT2D eigenvalue weighted by Gasteiger charge is 2.09. The van der Waals surface area contributed by atoms with Gasteiger partial charge in [-0.15, -0.1) is 11.8 Å². The van der Waals surface area contributed by atoms with Crippen LogP contribution in [0.5, 0.6) is 0 Å². The molecule has 1 heterocycles. The standard InChI is InChI=1S/C17H23N3OS/c1-13-16(14(2)20(3)19-13)9-11-18-17(21)10-12-22-15-7-5-4-6-8-15/h4-8H,9-12H2,1-3H3,(H,18,21). The molecule has 22 heavy (non-hydrogen) atoms. The molecule has 0 atom stereocenters. The van der Waals surface area contributed by atoms with Gasteiger partial charge in [-0.05, 0) is 38.0 Å². The molecule has 0 aliphatic rings. The second-order valence-electron chi connectivity index (χ2n) is 5.28. The summed E-state index contributed by atoms with van der Waals surface area (Å²) in [7, 11) is 1.95. The molecule has 118 valence electrons. The van der Waals surface area contributed by atoms with Crippen LogP contribution in [0.1, 0.15) is 23.4 Å². The molecule has 0 saturated heterocycles. The summed E-state index contributed by atoms with van der Waals surface area (Å²) in [6, 6.07) is 10.2. The van der Waals surface area contributed by atoms with Crippen molar-refractivity contribution in [3.05, 3.63) is 47.3 Å². The SMILES string of the molecule is Cc1nn(C)c(C)c1CCNC(=O)CCSc1ccccc1. The average Bonchev–Trinajstić information content (AvgIpc) is 2.74. The van der Waals surface area contributed by atoms with Crippen LogP contribution in [0.4, 0.5) is 0 Å². The van der Waals surface area contributed by atoms with E-state index in [1.165, 1.54) is 16.2 Å². The van der Waals surface area contributed by atoms with E-state index in [2.05, 4.69) is 29.5 Å². The largest absolute Gasteiger partial charge is 0.356 e. The minimum Gasteiger partial charge on any atom is -0.356 e. The zero-order chi connectivity index (χ0) is 15.9. The molecule has 0 aliphatic carbocycles. The Morgan fingerprint density at radius 1 is 1.27 bits per heavy atom. The molecule has 1 aromatic carbocycles. The summed E-state index contributed by atoms with van der Waals surface area (Å²) >= 11 is 1.71. The van der Waals surface area contributed by atoms with Crippen LogP contribution in [0.2, 0.25) is 0 Å². The quantitative estimate of drug-likeness (QED) is 0.799. The fourth-order valence-electron chi connectivity index (χ4n) is 2.37. The van der Waals surface area contributed by atoms with Crippen molar-refractivity contribution < 1.29 is 4.79 Å². The van der Waals surface area contributed by atoms with E-state index >= 15 is 0 Å². The van der Waals surface area contributed by atoms with E-state index in [0.717, 1.165) is 17.9 Å². The molecule has 0 saturated carbocycles. The van der Waals surface area contributed by atoms with Gasteiger partial charge in [0.15, 0.2) is 0 Å². The Balaban J connectivity index is 1.68. The van der Waals surface area contributed by atoms with Gasteiger partial charge in [0, 0.05) is 36.4 Å². The monoisotopic (exact) mass is 317 g/mol. The lowest BCUT2D eigenvalue weighted by Crippen LogP contribution is -2.26. The Morgan fingerprint density at radius 2 is 2.00 bits per heavy atom. The maximum Gasteiger partial charge on any atom is 0.220 e. The normalized spacial score (nSPS) is 10.7. The number of benzene rings is 1. The highest BCUT2D eigenvalue weighted by Crippen LogP contribution is 2.17. The predicted molar refractivity (Wildman–Crippen MR) is 91.2 cm³/mol. The zero-order valence-corrected chi connectivity index (χ0v) is 14.2. The number of nitrogens with zero attached hydrogens (tertiary/aromatic N) is 2. The van der Waals surface area contributed by atoms with E-state index in [1.54, 1.807) is 11.8 Å². The zero-order valence-electron chi connectivity index (χ0n) is 13.4. The summed E-state index contributed by atoms with van der Waals surface area (Å²) in [6.45, 7) is 4.75. The average molecular weight is 317 g/mol. The highest BCUT2D eigenvalue weighted by atomic mass is 32.2. The van der Waals surface area contributed by atoms with Gasteiger partial charge >= 0.3 is 0 Å². The van der Waals surface area contributed by atoms with Gasteiger partial charge in [-0.2, -0.15) is 5.10 Å². The van der Waals surface area contributed by atoms with Crippen molar-refractivity contribution in [3.8, 4) is 0 Å². The summed E-state index contributed by atoms with van der Waals surface area (Å²) < 4.78 is 1.89. The van der Waals surface area contributed by atoms with Crippen LogP contribution in [-0.2, 0) is 18.3 Å². The van der Waals surface area contributed by atoms with Crippen molar-refractivity contribution in [1.29, 1.82) is 0 Å². The number of thioether (sulfide) groups is 1. The number of rotatable bonds is 7. The molecule has 1 aromatic heterocycles. The van der Waals surface area contributed by atoms with E-state index < -0.39 is 0 Å². The number of hydrogen-bond donors (Lipinski definition) is 1. The minimum absolute atomic E-state index is 0.114. The van der Waals surface area contributed by atoms with E-state index in [-0.39, 0.29) is 5.91 Å². The molecule has 0 fully saturated rings. The second-order valence-corrected chi connectivity index (χ2v) is 6.45. The summed E-state index contributed by atoms with van der Waals surface area (Å²) in [5.41, 5.74) is 3.46. The van der Waals surface area contributed by atoms with Crippen LogP contribution in [0.3, 0.4) is 0 Å². The van der Waals surface area contributed by atoms with Gasteiger partial charge in [-0.1, -0.05) is 18.2 Å². The Labute approximate surface area is 136 Å². The van der Waals surface area contributed by atoms with Crippen molar-refractivity contribution in [3.63, 3.8) is 0 Å². The first-order valence-electron chi connectivity index (χ1n) is 7.51. The number of nitrogens with one attached hydrogen (secondary N) is 1. The van der Waals surface area contributed by atoms with Crippen LogP contribution in [0.15, 0.2) is 35.2 Å². The van der Waals surface area contributed by atoms with Crippen molar-refractivity contribution in [2.24, 2.45) is 7.05 Å². The summed E-state index contributed by atoms with van der Waals surface area (Å²) in [6.07, 6.45) is 1.38. The highest BCUT2D eigenvalue weighted by molar-refractivity contribution is 7.99. The van der Waals surface area contributed by atoms with Crippen molar-refractivity contribution >= 4 is 17.7 Å². The molecule has 1 amide bonds. The van der Waals surface area contributed by atoms with Crippen LogP contribution in [0.25, 0.3) is 0 Å². The third-order valence-electron chi connectivity index (χ3n) is 3.70. The van der Waals surface area contributed by atoms with Gasteiger partial charge in [0.2, 0.25) is 5.91 Å². The van der Waals surface area contributed by atoms with Gasteiger partial charge in [-0.3, -0.25) is 9.48 Å². The van der Waals surface area contributed by atoms with Crippen LogP contribution >= 0.6 is 11.8 Å². The van der Waals surface area contributed by atoms with Crippen LogP contribution < -0.4 is 5.32 Å². The number of amides is 1. The molecule has 0 aliphatic heterocycles. The number of aromatic nitrogens is 2. The fraction of sp³-hybridized carbons (Fsp3) is 0.412. The van der Waals surface area contributed by atoms with Crippen molar-refractivity contribution in [1.82, 2.24) is 15.1 Å². The maximum absolute atomic E-state index is 11.9. The second kappa shape index (κ2) is 8.03. The molecule has 0 radical (unpaired) electrons. The first kappa shape index (κ1) is 16.6. The molecule has 0 bridgehead atoms. The fourth-order valence-corrected chi connectivity index (χ4v) is 3.25. The first-order valence-corrected chi connectivity index (χ1v) is 8.50. The van der Waals surface area contributed by atoms with Gasteiger partial charge in [0.05, 0.1) is 5.69 Å². The van der Waals surface area contributed by atoms with E-state index in [9.17, 15) is 4.79 Å². The lowest BCUT2D eigenvalue weighted by molar-refractivity contribution is -0.120. The molecule has 1 N–H and O–H groups in total. The van der Waals surface area contributed by atoms with Gasteiger partial charge in [0.25, 0.3) is 0 Å². The molecule has 4 nitrogen and oxygen atoms in total. The van der Waals surface area contributed by atoms with Crippen molar-refractivity contribution in [2.45, 2.75) is 31.6 Å². The molecular formula is C17H23N3OS. The Kier molecular flexibility index (Phi) is 6.07. The molecular weight excluding hydrogens is 294 g/mol. The maximum atomic E-state index is 11.9. The molecule has 2 rings (SSSR count). The topological polar surface area (TPSA) is 46.9 Å². The van der Waals surface area contributed by atoms with Crippen molar-refractivity contribution in [2.75, 3.05) is 12.3 Å². The van der Waals surface area contributed by atoms with Gasteiger partial charge in [-0.25, -0.2) is 0 Å². The van der Waals surface area contributed by atoms with E-state index in [0.29, 0.717) is 13.0 Å². The molecule has 0 unspecified atom stereocenters. The number of aryl methyl sites for hydroxylation is 2. The lowest BCUT2D eigenvalue weighted by Gasteiger charge is -2.06. The minimum atomic E-state index is 0.114. The Hall–Kier alpha value is -1.75. The predicted octanol–water partition coefficient (Wildman–Crippen LogP) is 2.88. The summed E-state index contributed by atoms with van der Waals surface area (Å²) in [5, 5.41) is 7.38. The third kappa shape index (κ3) is 4.63.